The van der Waals surface area contributed by atoms with Crippen LogP contribution in [-0.4, -0.2) is 0 Å². The Morgan fingerprint density at radius 3 is 1.57 bits per heavy atom. The fraction of sp³-hybridized carbons (Fsp3) is 0. The van der Waals surface area contributed by atoms with Crippen molar-refractivity contribution in [1.82, 2.24) is 0 Å². The Morgan fingerprint density at radius 2 is 0.841 bits per heavy atom. The van der Waals surface area contributed by atoms with Gasteiger partial charge < -0.3 is 4.90 Å². The van der Waals surface area contributed by atoms with E-state index in [0.717, 1.165) is 17.1 Å². The number of para-hydroxylation sites is 1. The minimum Gasteiger partial charge on any atom is -0.311 e. The summed E-state index contributed by atoms with van der Waals surface area (Å²) in [4.78, 5) is 2.32. The third-order valence-corrected chi connectivity index (χ3v) is 9.42. The summed E-state index contributed by atoms with van der Waals surface area (Å²) in [7, 11) is 0. The molecule has 1 heterocycles. The van der Waals surface area contributed by atoms with E-state index >= 15 is 0 Å². The number of thiophene rings is 1. The summed E-state index contributed by atoms with van der Waals surface area (Å²) in [6, 6.07) is 63.2. The molecule has 0 aliphatic rings. The van der Waals surface area contributed by atoms with Crippen LogP contribution in [0.2, 0.25) is 0 Å². The molecule has 1 aromatic heterocycles. The normalized spacial score (nSPS) is 11.2. The van der Waals surface area contributed by atoms with Crippen LogP contribution in [0.15, 0.2) is 176 Å². The predicted octanol–water partition coefficient (Wildman–Crippen LogP) is 12.5. The van der Waals surface area contributed by atoms with Crippen molar-refractivity contribution in [3.63, 3.8) is 0 Å². The van der Waals surface area contributed by atoms with E-state index in [9.17, 15) is 0 Å². The molecule has 0 N–H and O–H groups in total. The second kappa shape index (κ2) is 11.3. The molecule has 0 saturated carbocycles. The van der Waals surface area contributed by atoms with Gasteiger partial charge in [0.05, 0.1) is 0 Å². The first-order chi connectivity index (χ1) is 21.8. The average Bonchev–Trinajstić information content (AvgIpc) is 3.49. The molecular weight excluding hydrogens is 551 g/mol. The van der Waals surface area contributed by atoms with Crippen LogP contribution >= 0.6 is 11.3 Å². The van der Waals surface area contributed by atoms with Gasteiger partial charge in [0.2, 0.25) is 0 Å². The van der Waals surface area contributed by atoms with Crippen molar-refractivity contribution in [2.45, 2.75) is 0 Å². The second-order valence-corrected chi connectivity index (χ2v) is 12.1. The summed E-state index contributed by atoms with van der Waals surface area (Å²) in [5, 5.41) is 2.67. The molecule has 0 unspecified atom stereocenters. The standard InChI is InChI=1S/C42H29NS/c1-3-11-30(12-4-1)31-21-25-36(26-22-31)43(35-15-5-2-6-16-35)37-27-23-32(24-28-37)33-13-9-14-34(29-33)38-18-10-20-41-42(38)39-17-7-8-19-40(39)44-41/h1-29H. The van der Waals surface area contributed by atoms with Crippen molar-refractivity contribution in [1.29, 1.82) is 0 Å². The van der Waals surface area contributed by atoms with Gasteiger partial charge in [-0.25, -0.2) is 0 Å². The highest BCUT2D eigenvalue weighted by Crippen LogP contribution is 2.41. The molecule has 0 spiro atoms. The average molecular weight is 580 g/mol. The van der Waals surface area contributed by atoms with Gasteiger partial charge in [0.1, 0.15) is 0 Å². The first-order valence-corrected chi connectivity index (χ1v) is 15.8. The first-order valence-electron chi connectivity index (χ1n) is 14.9. The molecule has 0 fully saturated rings. The lowest BCUT2D eigenvalue weighted by Gasteiger charge is -2.26. The van der Waals surface area contributed by atoms with E-state index in [2.05, 4.69) is 181 Å². The van der Waals surface area contributed by atoms with Crippen molar-refractivity contribution in [3.8, 4) is 33.4 Å². The minimum absolute atomic E-state index is 1.12. The van der Waals surface area contributed by atoms with Gasteiger partial charge in [-0.3, -0.25) is 0 Å². The zero-order valence-electron chi connectivity index (χ0n) is 24.1. The Morgan fingerprint density at radius 1 is 0.341 bits per heavy atom. The third kappa shape index (κ3) is 4.86. The monoisotopic (exact) mass is 579 g/mol. The molecule has 44 heavy (non-hydrogen) atoms. The maximum Gasteiger partial charge on any atom is 0.0462 e. The zero-order chi connectivity index (χ0) is 29.3. The van der Waals surface area contributed by atoms with Crippen LogP contribution in [0.5, 0.6) is 0 Å². The smallest absolute Gasteiger partial charge is 0.0462 e. The molecule has 1 nitrogen and oxygen atoms in total. The van der Waals surface area contributed by atoms with Gasteiger partial charge in [0, 0.05) is 37.2 Å². The first kappa shape index (κ1) is 26.2. The second-order valence-electron chi connectivity index (χ2n) is 11.0. The summed E-state index contributed by atoms with van der Waals surface area (Å²) in [5.41, 5.74) is 10.8. The Balaban J connectivity index is 1.15. The van der Waals surface area contributed by atoms with Crippen molar-refractivity contribution in [2.75, 3.05) is 4.90 Å². The molecule has 0 radical (unpaired) electrons. The summed E-state index contributed by atoms with van der Waals surface area (Å²) in [6.07, 6.45) is 0. The summed E-state index contributed by atoms with van der Waals surface area (Å²) in [5.74, 6) is 0. The van der Waals surface area contributed by atoms with Gasteiger partial charge in [-0.15, -0.1) is 11.3 Å². The van der Waals surface area contributed by atoms with E-state index in [0.29, 0.717) is 0 Å². The minimum atomic E-state index is 1.12. The summed E-state index contributed by atoms with van der Waals surface area (Å²) >= 11 is 1.87. The number of hydrogen-bond acceptors (Lipinski definition) is 2. The van der Waals surface area contributed by atoms with Crippen LogP contribution in [-0.2, 0) is 0 Å². The highest BCUT2D eigenvalue weighted by molar-refractivity contribution is 7.25. The Kier molecular flexibility index (Phi) is 6.75. The SMILES string of the molecule is c1ccc(-c2ccc(N(c3ccccc3)c3ccc(-c4cccc(-c5cccc6sc7ccccc7c56)c4)cc3)cc2)cc1. The fourth-order valence-corrected chi connectivity index (χ4v) is 7.27. The number of benzene rings is 7. The van der Waals surface area contributed by atoms with E-state index in [1.54, 1.807) is 0 Å². The lowest BCUT2D eigenvalue weighted by molar-refractivity contribution is 1.28. The van der Waals surface area contributed by atoms with E-state index in [1.165, 1.54) is 53.6 Å². The number of fused-ring (bicyclic) bond motifs is 3. The molecule has 0 aliphatic heterocycles. The van der Waals surface area contributed by atoms with Crippen molar-refractivity contribution >= 4 is 48.6 Å². The van der Waals surface area contributed by atoms with Crippen LogP contribution in [0.1, 0.15) is 0 Å². The number of nitrogens with zero attached hydrogens (tertiary/aromatic N) is 1. The maximum atomic E-state index is 2.33. The molecule has 2 heteroatoms. The van der Waals surface area contributed by atoms with E-state index in [1.807, 2.05) is 11.3 Å². The highest BCUT2D eigenvalue weighted by Gasteiger charge is 2.14. The summed E-state index contributed by atoms with van der Waals surface area (Å²) in [6.45, 7) is 0. The molecule has 0 atom stereocenters. The molecule has 208 valence electrons. The number of anilines is 3. The number of rotatable bonds is 6. The molecule has 8 rings (SSSR count). The van der Waals surface area contributed by atoms with Crippen LogP contribution < -0.4 is 4.90 Å². The predicted molar refractivity (Wildman–Crippen MR) is 190 cm³/mol. The van der Waals surface area contributed by atoms with E-state index < -0.39 is 0 Å². The molecule has 0 bridgehead atoms. The fourth-order valence-electron chi connectivity index (χ4n) is 6.14. The maximum absolute atomic E-state index is 2.33. The van der Waals surface area contributed by atoms with Gasteiger partial charge in [-0.1, -0.05) is 121 Å². The van der Waals surface area contributed by atoms with Gasteiger partial charge in [0.25, 0.3) is 0 Å². The zero-order valence-corrected chi connectivity index (χ0v) is 24.9. The van der Waals surface area contributed by atoms with Crippen LogP contribution in [0.25, 0.3) is 53.6 Å². The topological polar surface area (TPSA) is 3.24 Å². The van der Waals surface area contributed by atoms with Crippen molar-refractivity contribution in [3.05, 3.63) is 176 Å². The highest BCUT2D eigenvalue weighted by atomic mass is 32.1. The Hall–Kier alpha value is -5.44. The largest absolute Gasteiger partial charge is 0.311 e. The molecular formula is C42H29NS. The van der Waals surface area contributed by atoms with Crippen LogP contribution in [0.3, 0.4) is 0 Å². The lowest BCUT2D eigenvalue weighted by atomic mass is 9.96. The molecule has 0 saturated heterocycles. The Bertz CT molecular complexity index is 2200. The quantitative estimate of drug-likeness (QED) is 0.189. The summed E-state index contributed by atoms with van der Waals surface area (Å²) < 4.78 is 2.66. The molecule has 0 amide bonds. The van der Waals surface area contributed by atoms with E-state index in [-0.39, 0.29) is 0 Å². The molecule has 0 aliphatic carbocycles. The van der Waals surface area contributed by atoms with Gasteiger partial charge in [-0.2, -0.15) is 0 Å². The molecule has 7 aromatic carbocycles. The van der Waals surface area contributed by atoms with Crippen molar-refractivity contribution < 1.29 is 0 Å². The van der Waals surface area contributed by atoms with Gasteiger partial charge >= 0.3 is 0 Å². The van der Waals surface area contributed by atoms with Gasteiger partial charge in [0.15, 0.2) is 0 Å². The molecule has 8 aromatic rings. The van der Waals surface area contributed by atoms with Crippen molar-refractivity contribution in [2.24, 2.45) is 0 Å². The van der Waals surface area contributed by atoms with E-state index in [4.69, 9.17) is 0 Å². The lowest BCUT2D eigenvalue weighted by Crippen LogP contribution is -2.09. The van der Waals surface area contributed by atoms with Crippen LogP contribution in [0.4, 0.5) is 17.1 Å². The van der Waals surface area contributed by atoms with Gasteiger partial charge in [-0.05, 0) is 88.0 Å². The Labute approximate surface area is 261 Å². The third-order valence-electron chi connectivity index (χ3n) is 8.28. The number of hydrogen-bond donors (Lipinski definition) is 0. The van der Waals surface area contributed by atoms with Crippen LogP contribution in [0, 0.1) is 0 Å².